The largest absolute Gasteiger partial charge is 0.454 e. The summed E-state index contributed by atoms with van der Waals surface area (Å²) in [5.74, 6) is 1.23. The normalized spacial score (nSPS) is 16.7. The second-order valence-electron chi connectivity index (χ2n) is 4.44. The van der Waals surface area contributed by atoms with Gasteiger partial charge in [-0.15, -0.1) is 0 Å². The molecule has 1 aromatic carbocycles. The molecule has 0 aliphatic carbocycles. The maximum absolute atomic E-state index is 10.3. The highest BCUT2D eigenvalue weighted by atomic mass is 35.5. The third kappa shape index (κ3) is 2.71. The predicted molar refractivity (Wildman–Crippen MR) is 68.2 cm³/mol. The van der Waals surface area contributed by atoms with Gasteiger partial charge in [0.2, 0.25) is 6.79 Å². The zero-order valence-corrected chi connectivity index (χ0v) is 11.2. The highest BCUT2D eigenvalue weighted by Crippen LogP contribution is 2.42. The first-order chi connectivity index (χ1) is 8.63. The Labute approximate surface area is 111 Å². The van der Waals surface area contributed by atoms with Gasteiger partial charge in [0.05, 0.1) is 11.1 Å². The summed E-state index contributed by atoms with van der Waals surface area (Å²) in [5.41, 5.74) is 0.743. The highest BCUT2D eigenvalue weighted by Gasteiger charge is 2.23. The van der Waals surface area contributed by atoms with Crippen molar-refractivity contribution in [3.8, 4) is 11.5 Å². The van der Waals surface area contributed by atoms with Crippen LogP contribution in [0, 0.1) is 5.92 Å². The second-order valence-corrected chi connectivity index (χ2v) is 4.85. The third-order valence-corrected chi connectivity index (χ3v) is 3.39. The van der Waals surface area contributed by atoms with Crippen LogP contribution in [0.3, 0.4) is 0 Å². The Kier molecular flexibility index (Phi) is 4.32. The van der Waals surface area contributed by atoms with Gasteiger partial charge in [0.1, 0.15) is 0 Å². The molecule has 1 N–H and O–H groups in total. The fourth-order valence-electron chi connectivity index (χ4n) is 1.95. The fourth-order valence-corrected chi connectivity index (χ4v) is 2.22. The Morgan fingerprint density at radius 3 is 2.94 bits per heavy atom. The van der Waals surface area contributed by atoms with Crippen LogP contribution in [0.1, 0.15) is 25.0 Å². The van der Waals surface area contributed by atoms with E-state index >= 15 is 0 Å². The van der Waals surface area contributed by atoms with Crippen molar-refractivity contribution in [1.82, 2.24) is 0 Å². The van der Waals surface area contributed by atoms with Gasteiger partial charge in [-0.05, 0) is 30.0 Å². The standard InChI is InChI=1S/C13H17ClO4/c1-8(3-4-16-2)12(15)9-5-10(14)13-11(6-9)17-7-18-13/h5-6,8,12,15H,3-4,7H2,1-2H3. The van der Waals surface area contributed by atoms with Crippen LogP contribution in [0.15, 0.2) is 12.1 Å². The van der Waals surface area contributed by atoms with Crippen LogP contribution >= 0.6 is 11.6 Å². The summed E-state index contributed by atoms with van der Waals surface area (Å²) in [6, 6.07) is 3.51. The van der Waals surface area contributed by atoms with Crippen molar-refractivity contribution >= 4 is 11.6 Å². The molecule has 1 aliphatic heterocycles. The number of methoxy groups -OCH3 is 1. The first kappa shape index (κ1) is 13.5. The smallest absolute Gasteiger partial charge is 0.231 e. The van der Waals surface area contributed by atoms with Crippen LogP contribution in [0.4, 0.5) is 0 Å². The maximum Gasteiger partial charge on any atom is 0.231 e. The van der Waals surface area contributed by atoms with Crippen molar-refractivity contribution in [2.24, 2.45) is 5.92 Å². The van der Waals surface area contributed by atoms with Gasteiger partial charge in [-0.2, -0.15) is 0 Å². The van der Waals surface area contributed by atoms with Crippen LogP contribution in [0.2, 0.25) is 5.02 Å². The SMILES string of the molecule is COCCC(C)C(O)c1cc(Cl)c2c(c1)OCO2. The average molecular weight is 273 g/mol. The number of halogens is 1. The summed E-state index contributed by atoms with van der Waals surface area (Å²) in [6.07, 6.45) is 0.191. The van der Waals surface area contributed by atoms with Gasteiger partial charge in [-0.1, -0.05) is 18.5 Å². The molecule has 1 heterocycles. The predicted octanol–water partition coefficient (Wildman–Crippen LogP) is 2.77. The summed E-state index contributed by atoms with van der Waals surface area (Å²) < 4.78 is 15.5. The van der Waals surface area contributed by atoms with Crippen molar-refractivity contribution in [1.29, 1.82) is 0 Å². The average Bonchev–Trinajstić information content (AvgIpc) is 2.83. The van der Waals surface area contributed by atoms with Gasteiger partial charge in [0.25, 0.3) is 0 Å². The Balaban J connectivity index is 2.15. The molecular formula is C13H17ClO4. The molecule has 2 unspecified atom stereocenters. The van der Waals surface area contributed by atoms with Gasteiger partial charge in [-0.3, -0.25) is 0 Å². The van der Waals surface area contributed by atoms with Crippen LogP contribution < -0.4 is 9.47 Å². The van der Waals surface area contributed by atoms with E-state index in [0.717, 1.165) is 12.0 Å². The number of fused-ring (bicyclic) bond motifs is 1. The van der Waals surface area contributed by atoms with E-state index in [1.165, 1.54) is 0 Å². The minimum absolute atomic E-state index is 0.0846. The van der Waals surface area contributed by atoms with E-state index < -0.39 is 6.10 Å². The molecule has 0 fully saturated rings. The van der Waals surface area contributed by atoms with Gasteiger partial charge < -0.3 is 19.3 Å². The van der Waals surface area contributed by atoms with Crippen molar-refractivity contribution in [3.05, 3.63) is 22.7 Å². The van der Waals surface area contributed by atoms with Crippen LogP contribution in [0.5, 0.6) is 11.5 Å². The second kappa shape index (κ2) is 5.78. The van der Waals surface area contributed by atoms with Gasteiger partial charge in [0.15, 0.2) is 11.5 Å². The first-order valence-electron chi connectivity index (χ1n) is 5.89. The topological polar surface area (TPSA) is 47.9 Å². The third-order valence-electron chi connectivity index (χ3n) is 3.11. The van der Waals surface area contributed by atoms with Crippen LogP contribution in [-0.4, -0.2) is 25.6 Å². The number of ether oxygens (including phenoxy) is 3. The molecule has 0 bridgehead atoms. The van der Waals surface area contributed by atoms with Gasteiger partial charge in [-0.25, -0.2) is 0 Å². The number of aliphatic hydroxyl groups excluding tert-OH is 1. The van der Waals surface area contributed by atoms with E-state index in [0.29, 0.717) is 23.1 Å². The Bertz CT molecular complexity index is 422. The van der Waals surface area contributed by atoms with Gasteiger partial charge in [0, 0.05) is 13.7 Å². The van der Waals surface area contributed by atoms with E-state index in [1.807, 2.05) is 6.92 Å². The summed E-state index contributed by atoms with van der Waals surface area (Å²) in [7, 11) is 1.65. The van der Waals surface area contributed by atoms with Crippen molar-refractivity contribution in [2.75, 3.05) is 20.5 Å². The minimum Gasteiger partial charge on any atom is -0.454 e. The number of hydrogen-bond donors (Lipinski definition) is 1. The highest BCUT2D eigenvalue weighted by molar-refractivity contribution is 6.32. The number of benzene rings is 1. The van der Waals surface area contributed by atoms with Crippen LogP contribution in [0.25, 0.3) is 0 Å². The molecule has 5 heteroatoms. The number of aliphatic hydroxyl groups is 1. The molecule has 0 aromatic heterocycles. The molecule has 0 saturated heterocycles. The molecule has 0 amide bonds. The van der Waals surface area contributed by atoms with E-state index in [-0.39, 0.29) is 12.7 Å². The summed E-state index contributed by atoms with van der Waals surface area (Å²) in [6.45, 7) is 2.77. The molecule has 0 spiro atoms. The number of hydrogen-bond acceptors (Lipinski definition) is 4. The monoisotopic (exact) mass is 272 g/mol. The van der Waals surface area contributed by atoms with Crippen molar-refractivity contribution < 1.29 is 19.3 Å². The Hall–Kier alpha value is -0.970. The summed E-state index contributed by atoms with van der Waals surface area (Å²) >= 11 is 6.09. The lowest BCUT2D eigenvalue weighted by Gasteiger charge is -2.19. The molecule has 1 aromatic rings. The van der Waals surface area contributed by atoms with Gasteiger partial charge >= 0.3 is 0 Å². The fraction of sp³-hybridized carbons (Fsp3) is 0.538. The number of rotatable bonds is 5. The van der Waals surface area contributed by atoms with E-state index in [4.69, 9.17) is 25.8 Å². The molecule has 0 saturated carbocycles. The Morgan fingerprint density at radius 1 is 1.44 bits per heavy atom. The summed E-state index contributed by atoms with van der Waals surface area (Å²) in [5, 5.41) is 10.7. The van der Waals surface area contributed by atoms with Crippen molar-refractivity contribution in [3.63, 3.8) is 0 Å². The minimum atomic E-state index is -0.591. The lowest BCUT2D eigenvalue weighted by atomic mass is 9.94. The summed E-state index contributed by atoms with van der Waals surface area (Å²) in [4.78, 5) is 0. The Morgan fingerprint density at radius 2 is 2.22 bits per heavy atom. The maximum atomic E-state index is 10.3. The quantitative estimate of drug-likeness (QED) is 0.895. The van der Waals surface area contributed by atoms with Crippen LogP contribution in [-0.2, 0) is 4.74 Å². The van der Waals surface area contributed by atoms with E-state index in [2.05, 4.69) is 0 Å². The molecule has 4 nitrogen and oxygen atoms in total. The zero-order valence-electron chi connectivity index (χ0n) is 10.5. The zero-order chi connectivity index (χ0) is 13.1. The van der Waals surface area contributed by atoms with E-state index in [9.17, 15) is 5.11 Å². The van der Waals surface area contributed by atoms with Crippen molar-refractivity contribution in [2.45, 2.75) is 19.4 Å². The molecular weight excluding hydrogens is 256 g/mol. The molecule has 1 aliphatic rings. The molecule has 18 heavy (non-hydrogen) atoms. The lowest BCUT2D eigenvalue weighted by molar-refractivity contribution is 0.0884. The first-order valence-corrected chi connectivity index (χ1v) is 6.27. The molecule has 100 valence electrons. The lowest BCUT2D eigenvalue weighted by Crippen LogP contribution is -2.11. The van der Waals surface area contributed by atoms with E-state index in [1.54, 1.807) is 19.2 Å². The molecule has 2 rings (SSSR count). The molecule has 0 radical (unpaired) electrons. The molecule has 2 atom stereocenters.